The molecule has 0 heterocycles. The Labute approximate surface area is 50.5 Å². The van der Waals surface area contributed by atoms with Gasteiger partial charge in [-0.15, -0.1) is 0 Å². The van der Waals surface area contributed by atoms with E-state index in [1.165, 1.54) is 0 Å². The first-order valence-corrected chi connectivity index (χ1v) is 2.93. The van der Waals surface area contributed by atoms with Crippen LogP contribution in [0.5, 0.6) is 0 Å². The van der Waals surface area contributed by atoms with Crippen LogP contribution in [0.25, 0.3) is 0 Å². The van der Waals surface area contributed by atoms with Crippen LogP contribution in [0.4, 0.5) is 0 Å². The van der Waals surface area contributed by atoms with Crippen LogP contribution in [0.15, 0.2) is 0 Å². The second-order valence-electron chi connectivity index (χ2n) is 1.92. The summed E-state index contributed by atoms with van der Waals surface area (Å²) in [7, 11) is 1.61. The van der Waals surface area contributed by atoms with Crippen LogP contribution in [0.2, 0.25) is 0 Å². The Kier molecular flexibility index (Phi) is 3.83. The lowest BCUT2D eigenvalue weighted by Crippen LogP contribution is -2.23. The Morgan fingerprint density at radius 3 is 2.12 bits per heavy atom. The standard InChI is InChI=1S/C6H14O2/c1-4-6(8-3)5(2)7/h5-7H,4H2,1-3H3/t5-,6?/m0/s1. The summed E-state index contributed by atoms with van der Waals surface area (Å²) in [6, 6.07) is 0. The minimum absolute atomic E-state index is 0.00926. The predicted molar refractivity (Wildman–Crippen MR) is 32.8 cm³/mol. The largest absolute Gasteiger partial charge is 0.391 e. The van der Waals surface area contributed by atoms with Crippen LogP contribution in [-0.4, -0.2) is 24.4 Å². The Morgan fingerprint density at radius 1 is 1.62 bits per heavy atom. The summed E-state index contributed by atoms with van der Waals surface area (Å²) < 4.78 is 4.91. The summed E-state index contributed by atoms with van der Waals surface area (Å²) >= 11 is 0. The second-order valence-corrected chi connectivity index (χ2v) is 1.92. The van der Waals surface area contributed by atoms with Crippen molar-refractivity contribution >= 4 is 0 Å². The average Bonchev–Trinajstić information content (AvgIpc) is 1.69. The molecule has 2 atom stereocenters. The number of rotatable bonds is 3. The van der Waals surface area contributed by atoms with Gasteiger partial charge in [0.05, 0.1) is 12.2 Å². The zero-order valence-electron chi connectivity index (χ0n) is 5.72. The monoisotopic (exact) mass is 118 g/mol. The molecule has 0 saturated carbocycles. The molecule has 0 aliphatic rings. The molecule has 0 aromatic heterocycles. The first-order valence-electron chi connectivity index (χ1n) is 2.93. The molecule has 0 rings (SSSR count). The summed E-state index contributed by atoms with van der Waals surface area (Å²) in [4.78, 5) is 0. The minimum atomic E-state index is -0.343. The van der Waals surface area contributed by atoms with E-state index in [9.17, 15) is 0 Å². The molecular formula is C6H14O2. The molecule has 1 unspecified atom stereocenters. The molecule has 0 amide bonds. The summed E-state index contributed by atoms with van der Waals surface area (Å²) in [5.74, 6) is 0. The maximum absolute atomic E-state index is 8.89. The smallest absolute Gasteiger partial charge is 0.0824 e. The lowest BCUT2D eigenvalue weighted by Gasteiger charge is -2.14. The van der Waals surface area contributed by atoms with Crippen LogP contribution in [0.3, 0.4) is 0 Å². The zero-order chi connectivity index (χ0) is 6.57. The van der Waals surface area contributed by atoms with Crippen LogP contribution in [0, 0.1) is 0 Å². The molecule has 0 spiro atoms. The van der Waals surface area contributed by atoms with Gasteiger partial charge in [-0.05, 0) is 13.3 Å². The number of ether oxygens (including phenoxy) is 1. The van der Waals surface area contributed by atoms with E-state index in [1.807, 2.05) is 6.92 Å². The van der Waals surface area contributed by atoms with E-state index in [4.69, 9.17) is 9.84 Å². The Balaban J connectivity index is 3.35. The van der Waals surface area contributed by atoms with Crippen molar-refractivity contribution in [3.8, 4) is 0 Å². The van der Waals surface area contributed by atoms with Crippen molar-refractivity contribution in [2.45, 2.75) is 32.5 Å². The fourth-order valence-corrected chi connectivity index (χ4v) is 0.705. The van der Waals surface area contributed by atoms with E-state index in [0.29, 0.717) is 0 Å². The van der Waals surface area contributed by atoms with Gasteiger partial charge in [-0.25, -0.2) is 0 Å². The van der Waals surface area contributed by atoms with Gasteiger partial charge >= 0.3 is 0 Å². The highest BCUT2D eigenvalue weighted by atomic mass is 16.5. The lowest BCUT2D eigenvalue weighted by atomic mass is 10.2. The topological polar surface area (TPSA) is 29.5 Å². The second kappa shape index (κ2) is 3.87. The van der Waals surface area contributed by atoms with Crippen molar-refractivity contribution in [1.29, 1.82) is 0 Å². The third-order valence-electron chi connectivity index (χ3n) is 1.24. The molecule has 0 aliphatic heterocycles. The maximum Gasteiger partial charge on any atom is 0.0824 e. The van der Waals surface area contributed by atoms with Crippen molar-refractivity contribution in [2.24, 2.45) is 0 Å². The molecule has 50 valence electrons. The van der Waals surface area contributed by atoms with E-state index < -0.39 is 0 Å². The van der Waals surface area contributed by atoms with E-state index in [2.05, 4.69) is 0 Å². The van der Waals surface area contributed by atoms with Crippen molar-refractivity contribution < 1.29 is 9.84 Å². The molecule has 0 saturated heterocycles. The van der Waals surface area contributed by atoms with Crippen LogP contribution in [0.1, 0.15) is 20.3 Å². The van der Waals surface area contributed by atoms with Crippen LogP contribution in [-0.2, 0) is 4.74 Å². The first kappa shape index (κ1) is 7.92. The van der Waals surface area contributed by atoms with Gasteiger partial charge in [-0.1, -0.05) is 6.92 Å². The van der Waals surface area contributed by atoms with Gasteiger partial charge in [0, 0.05) is 7.11 Å². The zero-order valence-corrected chi connectivity index (χ0v) is 5.72. The molecule has 2 nitrogen and oxygen atoms in total. The number of methoxy groups -OCH3 is 1. The highest BCUT2D eigenvalue weighted by Gasteiger charge is 2.09. The lowest BCUT2D eigenvalue weighted by molar-refractivity contribution is -0.00371. The van der Waals surface area contributed by atoms with Crippen molar-refractivity contribution in [2.75, 3.05) is 7.11 Å². The molecule has 0 aromatic carbocycles. The molecule has 0 bridgehead atoms. The van der Waals surface area contributed by atoms with E-state index >= 15 is 0 Å². The van der Waals surface area contributed by atoms with Crippen molar-refractivity contribution in [3.05, 3.63) is 0 Å². The summed E-state index contributed by atoms with van der Waals surface area (Å²) in [5.41, 5.74) is 0. The summed E-state index contributed by atoms with van der Waals surface area (Å²) in [6.45, 7) is 3.72. The fraction of sp³-hybridized carbons (Fsp3) is 1.00. The molecule has 0 aromatic rings. The van der Waals surface area contributed by atoms with Crippen molar-refractivity contribution in [1.82, 2.24) is 0 Å². The summed E-state index contributed by atoms with van der Waals surface area (Å²) in [5, 5.41) is 8.89. The molecule has 0 aliphatic carbocycles. The van der Waals surface area contributed by atoms with Crippen LogP contribution >= 0.6 is 0 Å². The highest BCUT2D eigenvalue weighted by molar-refractivity contribution is 4.59. The number of aliphatic hydroxyl groups excluding tert-OH is 1. The number of aliphatic hydroxyl groups is 1. The molecule has 0 fully saturated rings. The molecular weight excluding hydrogens is 104 g/mol. The van der Waals surface area contributed by atoms with Gasteiger partial charge < -0.3 is 9.84 Å². The van der Waals surface area contributed by atoms with E-state index in [0.717, 1.165) is 6.42 Å². The van der Waals surface area contributed by atoms with Gasteiger partial charge in [0.1, 0.15) is 0 Å². The van der Waals surface area contributed by atoms with Gasteiger partial charge in [0.15, 0.2) is 0 Å². The Hall–Kier alpha value is -0.0800. The molecule has 2 heteroatoms. The highest BCUT2D eigenvalue weighted by Crippen LogP contribution is 2.00. The van der Waals surface area contributed by atoms with Crippen molar-refractivity contribution in [3.63, 3.8) is 0 Å². The molecule has 0 radical (unpaired) electrons. The number of hydrogen-bond donors (Lipinski definition) is 1. The predicted octanol–water partition coefficient (Wildman–Crippen LogP) is 0.792. The third kappa shape index (κ3) is 2.28. The minimum Gasteiger partial charge on any atom is -0.391 e. The SMILES string of the molecule is CCC(OC)[C@H](C)O. The average molecular weight is 118 g/mol. The Morgan fingerprint density at radius 2 is 2.12 bits per heavy atom. The normalized spacial score (nSPS) is 18.0. The van der Waals surface area contributed by atoms with Gasteiger partial charge in [0.25, 0.3) is 0 Å². The quantitative estimate of drug-likeness (QED) is 0.593. The summed E-state index contributed by atoms with van der Waals surface area (Å²) in [6.07, 6.45) is 0.536. The maximum atomic E-state index is 8.89. The van der Waals surface area contributed by atoms with Crippen LogP contribution < -0.4 is 0 Å². The third-order valence-corrected chi connectivity index (χ3v) is 1.24. The van der Waals surface area contributed by atoms with Gasteiger partial charge in [0.2, 0.25) is 0 Å². The van der Waals surface area contributed by atoms with E-state index in [-0.39, 0.29) is 12.2 Å². The molecule has 8 heavy (non-hydrogen) atoms. The van der Waals surface area contributed by atoms with E-state index in [1.54, 1.807) is 14.0 Å². The molecule has 1 N–H and O–H groups in total. The van der Waals surface area contributed by atoms with Gasteiger partial charge in [-0.2, -0.15) is 0 Å². The Bertz CT molecular complexity index is 48.5. The fourth-order valence-electron chi connectivity index (χ4n) is 0.705. The first-order chi connectivity index (χ1) is 3.72. The number of hydrogen-bond acceptors (Lipinski definition) is 2. The van der Waals surface area contributed by atoms with Gasteiger partial charge in [-0.3, -0.25) is 0 Å².